The van der Waals surface area contributed by atoms with E-state index in [4.69, 9.17) is 4.74 Å². The van der Waals surface area contributed by atoms with Gasteiger partial charge in [0.1, 0.15) is 0 Å². The standard InChI is InChI=1S/C15H19NO2.C4H10.2C2H6.C2H4/c1-3-8-13-16-15(4-2,14(17)18-13)11-12-9-6-5-7-10-12;1-3-4-2;3*1-2/h5-7,9-10H,3-4,8,11H2,1-2H3;3-4H2,1-2H3;2*1-2H3;1-2H2/t15-;;;;/m0..../s1. The molecule has 0 aliphatic carbocycles. The van der Waals surface area contributed by atoms with Crippen LogP contribution in [0.4, 0.5) is 0 Å². The Morgan fingerprint density at radius 2 is 1.39 bits per heavy atom. The van der Waals surface area contributed by atoms with E-state index in [1.807, 2.05) is 65.0 Å². The van der Waals surface area contributed by atoms with Gasteiger partial charge in [0.15, 0.2) is 11.4 Å². The van der Waals surface area contributed by atoms with E-state index in [2.05, 4.69) is 38.9 Å². The molecular formula is C25H45NO2. The molecule has 0 bridgehead atoms. The van der Waals surface area contributed by atoms with Crippen LogP contribution >= 0.6 is 0 Å². The van der Waals surface area contributed by atoms with Gasteiger partial charge in [-0.05, 0) is 18.4 Å². The lowest BCUT2D eigenvalue weighted by molar-refractivity contribution is -0.139. The SMILES string of the molecule is C=C.CC.CC.CCCC.CCCC1=N[C@@](CC)(Cc2ccccc2)C(=O)O1. The average molecular weight is 392 g/mol. The Morgan fingerprint density at radius 1 is 0.893 bits per heavy atom. The van der Waals surface area contributed by atoms with Gasteiger partial charge in [-0.1, -0.05) is 98.6 Å². The van der Waals surface area contributed by atoms with Crippen LogP contribution in [0.1, 0.15) is 93.1 Å². The van der Waals surface area contributed by atoms with E-state index in [1.165, 1.54) is 12.8 Å². The minimum Gasteiger partial charge on any atom is -0.410 e. The highest BCUT2D eigenvalue weighted by Gasteiger charge is 2.44. The van der Waals surface area contributed by atoms with Crippen molar-refractivity contribution in [1.82, 2.24) is 0 Å². The van der Waals surface area contributed by atoms with Gasteiger partial charge >= 0.3 is 5.97 Å². The van der Waals surface area contributed by atoms with Gasteiger partial charge in [0, 0.05) is 12.8 Å². The Bertz CT molecular complexity index is 495. The molecular weight excluding hydrogens is 346 g/mol. The van der Waals surface area contributed by atoms with Crippen molar-refractivity contribution in [3.05, 3.63) is 49.1 Å². The molecule has 3 nitrogen and oxygen atoms in total. The molecule has 1 atom stereocenters. The predicted octanol–water partition coefficient (Wildman–Crippen LogP) is 7.79. The number of rotatable bonds is 6. The fraction of sp³-hybridized carbons (Fsp3) is 0.600. The van der Waals surface area contributed by atoms with Crippen molar-refractivity contribution in [3.63, 3.8) is 0 Å². The van der Waals surface area contributed by atoms with Gasteiger partial charge in [0.2, 0.25) is 0 Å². The van der Waals surface area contributed by atoms with Crippen LogP contribution in [0.3, 0.4) is 0 Å². The first-order valence-corrected chi connectivity index (χ1v) is 11.0. The molecule has 1 heterocycles. The highest BCUT2D eigenvalue weighted by atomic mass is 16.6. The molecule has 0 spiro atoms. The number of carbonyl (C=O) groups excluding carboxylic acids is 1. The first-order valence-electron chi connectivity index (χ1n) is 11.0. The summed E-state index contributed by atoms with van der Waals surface area (Å²) in [5.41, 5.74) is 0.420. The van der Waals surface area contributed by atoms with Gasteiger partial charge in [-0.2, -0.15) is 0 Å². The van der Waals surface area contributed by atoms with Crippen LogP contribution in [0.2, 0.25) is 0 Å². The van der Waals surface area contributed by atoms with Gasteiger partial charge in [-0.15, -0.1) is 13.2 Å². The van der Waals surface area contributed by atoms with E-state index in [0.717, 1.165) is 18.4 Å². The molecule has 0 aromatic heterocycles. The Labute approximate surface area is 175 Å². The summed E-state index contributed by atoms with van der Waals surface area (Å²) in [7, 11) is 0. The third-order valence-corrected chi connectivity index (χ3v) is 3.82. The molecule has 0 saturated carbocycles. The Hall–Kier alpha value is -1.90. The molecule has 1 aliphatic rings. The number of hydrogen-bond donors (Lipinski definition) is 0. The van der Waals surface area contributed by atoms with Gasteiger partial charge in [0.05, 0.1) is 0 Å². The minimum atomic E-state index is -0.703. The van der Waals surface area contributed by atoms with Crippen LogP contribution in [0.15, 0.2) is 48.5 Å². The van der Waals surface area contributed by atoms with E-state index >= 15 is 0 Å². The second-order valence-electron chi connectivity index (χ2n) is 5.69. The Balaban J connectivity index is -0.000000535. The average Bonchev–Trinajstić information content (AvgIpc) is 3.08. The molecule has 0 saturated heterocycles. The minimum absolute atomic E-state index is 0.197. The lowest BCUT2D eigenvalue weighted by atomic mass is 9.89. The summed E-state index contributed by atoms with van der Waals surface area (Å²) < 4.78 is 5.29. The maximum Gasteiger partial charge on any atom is 0.340 e. The zero-order valence-electron chi connectivity index (χ0n) is 19.8. The molecule has 1 aliphatic heterocycles. The molecule has 0 amide bonds. The molecule has 3 heteroatoms. The number of cyclic esters (lactones) is 1. The molecule has 0 N–H and O–H groups in total. The first kappa shape index (κ1) is 30.8. The summed E-state index contributed by atoms with van der Waals surface area (Å²) in [6.07, 6.45) is 5.61. The van der Waals surface area contributed by atoms with E-state index in [1.54, 1.807) is 0 Å². The Kier molecular flexibility index (Phi) is 23.6. The quantitative estimate of drug-likeness (QED) is 0.366. The van der Waals surface area contributed by atoms with E-state index in [9.17, 15) is 4.79 Å². The van der Waals surface area contributed by atoms with Crippen molar-refractivity contribution < 1.29 is 9.53 Å². The summed E-state index contributed by atoms with van der Waals surface area (Å²) in [6.45, 7) is 22.4. The summed E-state index contributed by atoms with van der Waals surface area (Å²) in [6, 6.07) is 9.99. The molecule has 0 fully saturated rings. The van der Waals surface area contributed by atoms with Crippen LogP contribution in [0.5, 0.6) is 0 Å². The topological polar surface area (TPSA) is 38.7 Å². The molecule has 0 radical (unpaired) electrons. The zero-order valence-corrected chi connectivity index (χ0v) is 19.8. The van der Waals surface area contributed by atoms with Crippen molar-refractivity contribution in [2.24, 2.45) is 4.99 Å². The highest BCUT2D eigenvalue weighted by molar-refractivity contribution is 6.00. The summed E-state index contributed by atoms with van der Waals surface area (Å²) >= 11 is 0. The van der Waals surface area contributed by atoms with E-state index < -0.39 is 5.54 Å². The number of benzene rings is 1. The van der Waals surface area contributed by atoms with Crippen molar-refractivity contribution in [2.75, 3.05) is 0 Å². The summed E-state index contributed by atoms with van der Waals surface area (Å²) in [4.78, 5) is 16.6. The lowest BCUT2D eigenvalue weighted by Gasteiger charge is -2.19. The Morgan fingerprint density at radius 3 is 1.79 bits per heavy atom. The normalized spacial score (nSPS) is 16.3. The van der Waals surface area contributed by atoms with Crippen molar-refractivity contribution in [2.45, 2.75) is 99.5 Å². The maximum absolute atomic E-state index is 12.1. The van der Waals surface area contributed by atoms with Crippen molar-refractivity contribution in [3.8, 4) is 0 Å². The van der Waals surface area contributed by atoms with Gasteiger partial charge < -0.3 is 4.74 Å². The van der Waals surface area contributed by atoms with Crippen molar-refractivity contribution in [1.29, 1.82) is 0 Å². The lowest BCUT2D eigenvalue weighted by Crippen LogP contribution is -2.35. The number of nitrogens with zero attached hydrogens (tertiary/aromatic N) is 1. The van der Waals surface area contributed by atoms with Gasteiger partial charge in [-0.25, -0.2) is 9.79 Å². The number of hydrogen-bond acceptors (Lipinski definition) is 3. The van der Waals surface area contributed by atoms with E-state index in [-0.39, 0.29) is 5.97 Å². The molecule has 2 rings (SSSR count). The van der Waals surface area contributed by atoms with Crippen LogP contribution in [0, 0.1) is 0 Å². The highest BCUT2D eigenvalue weighted by Crippen LogP contribution is 2.29. The fourth-order valence-corrected chi connectivity index (χ4v) is 2.22. The molecule has 28 heavy (non-hydrogen) atoms. The first-order chi connectivity index (χ1) is 13.6. The maximum atomic E-state index is 12.1. The fourth-order valence-electron chi connectivity index (χ4n) is 2.22. The van der Waals surface area contributed by atoms with E-state index in [0.29, 0.717) is 18.7 Å². The smallest absolute Gasteiger partial charge is 0.340 e. The second kappa shape index (κ2) is 21.4. The van der Waals surface area contributed by atoms with Crippen molar-refractivity contribution >= 4 is 11.9 Å². The second-order valence-corrected chi connectivity index (χ2v) is 5.69. The van der Waals surface area contributed by atoms with Crippen LogP contribution < -0.4 is 0 Å². The number of esters is 1. The molecule has 0 unspecified atom stereocenters. The largest absolute Gasteiger partial charge is 0.410 e. The van der Waals surface area contributed by atoms with Crippen LogP contribution in [-0.4, -0.2) is 17.4 Å². The summed E-state index contributed by atoms with van der Waals surface area (Å²) in [5.74, 6) is 0.401. The van der Waals surface area contributed by atoms with Crippen LogP contribution in [0.25, 0.3) is 0 Å². The van der Waals surface area contributed by atoms with Gasteiger partial charge in [-0.3, -0.25) is 0 Å². The molecule has 1 aromatic rings. The molecule has 1 aromatic carbocycles. The van der Waals surface area contributed by atoms with Gasteiger partial charge in [0.25, 0.3) is 0 Å². The predicted molar refractivity (Wildman–Crippen MR) is 126 cm³/mol. The zero-order chi connectivity index (χ0) is 22.4. The number of unbranched alkanes of at least 4 members (excludes halogenated alkanes) is 1. The number of aliphatic imine (C=N–C) groups is 1. The number of carbonyl (C=O) groups is 1. The third kappa shape index (κ3) is 11.7. The van der Waals surface area contributed by atoms with Crippen LogP contribution in [-0.2, 0) is 16.0 Å². The third-order valence-electron chi connectivity index (χ3n) is 3.82. The molecule has 162 valence electrons. The monoisotopic (exact) mass is 391 g/mol. The number of ether oxygens (including phenoxy) is 1. The summed E-state index contributed by atoms with van der Waals surface area (Å²) in [5, 5.41) is 0.